The average Bonchev–Trinajstić information content (AvgIpc) is 2.98. The van der Waals surface area contributed by atoms with Crippen LogP contribution in [0.2, 0.25) is 0 Å². The van der Waals surface area contributed by atoms with Gasteiger partial charge in [0.15, 0.2) is 0 Å². The van der Waals surface area contributed by atoms with E-state index in [1.165, 1.54) is 4.88 Å². The summed E-state index contributed by atoms with van der Waals surface area (Å²) in [5, 5.41) is 10.5. The lowest BCUT2D eigenvalue weighted by atomic mass is 10.0. The zero-order valence-corrected chi connectivity index (χ0v) is 12.0. The van der Waals surface area contributed by atoms with Gasteiger partial charge in [-0.25, -0.2) is 5.48 Å². The van der Waals surface area contributed by atoms with Crippen LogP contribution in [0.15, 0.2) is 29.2 Å². The van der Waals surface area contributed by atoms with E-state index in [-0.39, 0.29) is 12.3 Å². The van der Waals surface area contributed by atoms with Crippen molar-refractivity contribution in [3.05, 3.63) is 34.0 Å². The minimum atomic E-state index is -0.464. The van der Waals surface area contributed by atoms with Crippen LogP contribution >= 0.6 is 11.3 Å². The molecule has 0 aromatic carbocycles. The van der Waals surface area contributed by atoms with Gasteiger partial charge in [0.1, 0.15) is 0 Å². The molecule has 2 rings (SSSR count). The summed E-state index contributed by atoms with van der Waals surface area (Å²) in [6, 6.07) is 4.08. The van der Waals surface area contributed by atoms with Gasteiger partial charge in [-0.3, -0.25) is 14.8 Å². The summed E-state index contributed by atoms with van der Waals surface area (Å²) in [6.07, 6.45) is 4.10. The molecule has 1 aliphatic heterocycles. The maximum Gasteiger partial charge on any atom is 0.249 e. The third-order valence-electron chi connectivity index (χ3n) is 3.31. The standard InChI is InChI=1S/C14H18N2O3S/c17-13(15-19)6-5-11-3-1-8-16(14(11)18)9-7-12-4-2-10-20-12/h2-4,10,19H,1,5-9H2,(H,15,17). The van der Waals surface area contributed by atoms with Crippen molar-refractivity contribution in [3.63, 3.8) is 0 Å². The fraction of sp³-hybridized carbons (Fsp3) is 0.429. The minimum Gasteiger partial charge on any atom is -0.338 e. The van der Waals surface area contributed by atoms with Crippen molar-refractivity contribution in [2.45, 2.75) is 25.7 Å². The van der Waals surface area contributed by atoms with Crippen LogP contribution in [0.4, 0.5) is 0 Å². The second-order valence-corrected chi connectivity index (χ2v) is 5.71. The Morgan fingerprint density at radius 3 is 3.00 bits per heavy atom. The van der Waals surface area contributed by atoms with E-state index < -0.39 is 5.91 Å². The molecule has 0 atom stereocenters. The van der Waals surface area contributed by atoms with Gasteiger partial charge in [0.05, 0.1) is 0 Å². The van der Waals surface area contributed by atoms with Crippen molar-refractivity contribution < 1.29 is 14.8 Å². The Kier molecular flexibility index (Phi) is 5.31. The van der Waals surface area contributed by atoms with Gasteiger partial charge in [0, 0.05) is 30.0 Å². The summed E-state index contributed by atoms with van der Waals surface area (Å²) < 4.78 is 0. The monoisotopic (exact) mass is 294 g/mol. The van der Waals surface area contributed by atoms with Crippen molar-refractivity contribution >= 4 is 23.2 Å². The summed E-state index contributed by atoms with van der Waals surface area (Å²) in [7, 11) is 0. The van der Waals surface area contributed by atoms with E-state index >= 15 is 0 Å². The van der Waals surface area contributed by atoms with E-state index in [9.17, 15) is 9.59 Å². The normalized spacial score (nSPS) is 15.2. The predicted molar refractivity (Wildman–Crippen MR) is 76.5 cm³/mol. The highest BCUT2D eigenvalue weighted by atomic mass is 32.1. The molecule has 5 nitrogen and oxygen atoms in total. The first-order chi connectivity index (χ1) is 9.70. The first kappa shape index (κ1) is 14.7. The lowest BCUT2D eigenvalue weighted by Gasteiger charge is -2.27. The molecule has 20 heavy (non-hydrogen) atoms. The summed E-state index contributed by atoms with van der Waals surface area (Å²) >= 11 is 1.70. The topological polar surface area (TPSA) is 69.6 Å². The molecule has 0 saturated carbocycles. The van der Waals surface area contributed by atoms with E-state index in [1.54, 1.807) is 16.8 Å². The molecule has 0 bridgehead atoms. The molecular weight excluding hydrogens is 276 g/mol. The van der Waals surface area contributed by atoms with Crippen LogP contribution in [0.1, 0.15) is 24.1 Å². The van der Waals surface area contributed by atoms with Gasteiger partial charge in [-0.1, -0.05) is 12.1 Å². The number of thiophene rings is 1. The number of hydrogen-bond donors (Lipinski definition) is 2. The van der Waals surface area contributed by atoms with E-state index in [0.29, 0.717) is 18.5 Å². The molecule has 0 fully saturated rings. The molecular formula is C14H18N2O3S. The molecule has 6 heteroatoms. The Labute approximate surface area is 121 Å². The summed E-state index contributed by atoms with van der Waals surface area (Å²) in [6.45, 7) is 1.45. The quantitative estimate of drug-likeness (QED) is 0.620. The van der Waals surface area contributed by atoms with Crippen LogP contribution in [0.5, 0.6) is 0 Å². The van der Waals surface area contributed by atoms with Crippen LogP contribution in [0.3, 0.4) is 0 Å². The Morgan fingerprint density at radius 2 is 2.30 bits per heavy atom. The first-order valence-electron chi connectivity index (χ1n) is 6.64. The van der Waals surface area contributed by atoms with E-state index in [2.05, 4.69) is 6.07 Å². The predicted octanol–water partition coefficient (Wildman–Crippen LogP) is 1.73. The fourth-order valence-corrected chi connectivity index (χ4v) is 2.91. The smallest absolute Gasteiger partial charge is 0.249 e. The van der Waals surface area contributed by atoms with E-state index in [1.807, 2.05) is 22.4 Å². The molecule has 1 aliphatic rings. The van der Waals surface area contributed by atoms with Crippen LogP contribution in [0.25, 0.3) is 0 Å². The molecule has 2 heterocycles. The van der Waals surface area contributed by atoms with Crippen molar-refractivity contribution in [1.82, 2.24) is 10.4 Å². The number of hydroxylamine groups is 1. The van der Waals surface area contributed by atoms with E-state index in [0.717, 1.165) is 19.4 Å². The number of carbonyl (C=O) groups excluding carboxylic acids is 2. The number of nitrogens with zero attached hydrogens (tertiary/aromatic N) is 1. The molecule has 0 radical (unpaired) electrons. The third-order valence-corrected chi connectivity index (χ3v) is 4.24. The highest BCUT2D eigenvalue weighted by Gasteiger charge is 2.21. The number of nitrogens with one attached hydrogen (secondary N) is 1. The van der Waals surface area contributed by atoms with Crippen LogP contribution < -0.4 is 5.48 Å². The SMILES string of the molecule is O=C(CCC1=CCCN(CCc2cccs2)C1=O)NO. The number of rotatable bonds is 6. The molecule has 1 aromatic heterocycles. The molecule has 2 amide bonds. The van der Waals surface area contributed by atoms with Gasteiger partial charge >= 0.3 is 0 Å². The maximum atomic E-state index is 12.3. The third kappa shape index (κ3) is 3.91. The Morgan fingerprint density at radius 1 is 1.45 bits per heavy atom. The van der Waals surface area contributed by atoms with Crippen LogP contribution in [0, 0.1) is 0 Å². The lowest BCUT2D eigenvalue weighted by molar-refractivity contribution is -0.129. The zero-order valence-electron chi connectivity index (χ0n) is 11.2. The molecule has 2 N–H and O–H groups in total. The molecule has 0 unspecified atom stereocenters. The highest BCUT2D eigenvalue weighted by molar-refractivity contribution is 7.09. The van der Waals surface area contributed by atoms with Gasteiger partial charge in [0.25, 0.3) is 0 Å². The zero-order chi connectivity index (χ0) is 14.4. The second kappa shape index (κ2) is 7.21. The van der Waals surface area contributed by atoms with Crippen molar-refractivity contribution in [1.29, 1.82) is 0 Å². The molecule has 0 spiro atoms. The number of hydrogen-bond acceptors (Lipinski definition) is 4. The summed E-state index contributed by atoms with van der Waals surface area (Å²) in [5.74, 6) is -0.451. The minimum absolute atomic E-state index is 0.0125. The van der Waals surface area contributed by atoms with Gasteiger partial charge in [-0.15, -0.1) is 11.3 Å². The number of amides is 2. The second-order valence-electron chi connectivity index (χ2n) is 4.67. The largest absolute Gasteiger partial charge is 0.338 e. The first-order valence-corrected chi connectivity index (χ1v) is 7.52. The Hall–Kier alpha value is -1.66. The lowest BCUT2D eigenvalue weighted by Crippen LogP contribution is -2.37. The molecule has 108 valence electrons. The van der Waals surface area contributed by atoms with E-state index in [4.69, 9.17) is 5.21 Å². The Balaban J connectivity index is 1.85. The van der Waals surface area contributed by atoms with Gasteiger partial charge < -0.3 is 4.90 Å². The highest BCUT2D eigenvalue weighted by Crippen LogP contribution is 2.18. The summed E-state index contributed by atoms with van der Waals surface area (Å²) in [4.78, 5) is 26.4. The van der Waals surface area contributed by atoms with Crippen LogP contribution in [-0.2, 0) is 16.0 Å². The Bertz CT molecular complexity index is 497. The van der Waals surface area contributed by atoms with Crippen molar-refractivity contribution in [2.24, 2.45) is 0 Å². The van der Waals surface area contributed by atoms with Crippen molar-refractivity contribution in [3.8, 4) is 0 Å². The fourth-order valence-electron chi connectivity index (χ4n) is 2.21. The van der Waals surface area contributed by atoms with Crippen molar-refractivity contribution in [2.75, 3.05) is 13.1 Å². The summed E-state index contributed by atoms with van der Waals surface area (Å²) in [5.41, 5.74) is 2.26. The maximum absolute atomic E-state index is 12.3. The molecule has 0 aliphatic carbocycles. The van der Waals surface area contributed by atoms with Gasteiger partial charge in [-0.2, -0.15) is 0 Å². The molecule has 1 aromatic rings. The number of carbonyl (C=O) groups is 2. The van der Waals surface area contributed by atoms with Gasteiger partial charge in [-0.05, 0) is 30.7 Å². The molecule has 0 saturated heterocycles. The average molecular weight is 294 g/mol. The van der Waals surface area contributed by atoms with Crippen LogP contribution in [-0.4, -0.2) is 35.0 Å². The van der Waals surface area contributed by atoms with Gasteiger partial charge in [0.2, 0.25) is 11.8 Å².